The van der Waals surface area contributed by atoms with Crippen molar-refractivity contribution in [1.82, 2.24) is 10.2 Å². The molecule has 0 aromatic heterocycles. The number of piperazine rings is 1. The summed E-state index contributed by atoms with van der Waals surface area (Å²) >= 11 is 5.91. The van der Waals surface area contributed by atoms with Crippen molar-refractivity contribution in [3.63, 3.8) is 0 Å². The fourth-order valence-corrected chi connectivity index (χ4v) is 3.37. The number of hydrogen-bond donors (Lipinski definition) is 1. The summed E-state index contributed by atoms with van der Waals surface area (Å²) in [5, 5.41) is 3.14. The molecule has 0 radical (unpaired) electrons. The molecule has 2 aromatic carbocycles. The highest BCUT2D eigenvalue weighted by atomic mass is 35.5. The smallest absolute Gasteiger partial charge is 0.223 e. The zero-order valence-electron chi connectivity index (χ0n) is 16.0. The van der Waals surface area contributed by atoms with Crippen molar-refractivity contribution in [2.24, 2.45) is 0 Å². The Balaban J connectivity index is 1.48. The van der Waals surface area contributed by atoms with Crippen LogP contribution in [0.2, 0.25) is 5.02 Å². The van der Waals surface area contributed by atoms with Gasteiger partial charge in [0.05, 0.1) is 18.1 Å². The van der Waals surface area contributed by atoms with Gasteiger partial charge in [0.15, 0.2) is 0 Å². The fourth-order valence-electron chi connectivity index (χ4n) is 3.14. The molecule has 2 aromatic rings. The van der Waals surface area contributed by atoms with Gasteiger partial charge in [-0.15, -0.1) is 0 Å². The summed E-state index contributed by atoms with van der Waals surface area (Å²) in [5.74, 6) is -0.156. The van der Waals surface area contributed by atoms with Gasteiger partial charge in [0, 0.05) is 38.4 Å². The number of carbonyl (C=O) groups excluding carboxylic acids is 1. The monoisotopic (exact) mass is 405 g/mol. The maximum absolute atomic E-state index is 13.0. The van der Waals surface area contributed by atoms with E-state index in [0.29, 0.717) is 12.3 Å². The molecule has 0 bridgehead atoms. The average Bonchev–Trinajstić information content (AvgIpc) is 2.69. The highest BCUT2D eigenvalue weighted by molar-refractivity contribution is 6.32. The van der Waals surface area contributed by atoms with Gasteiger partial charge < -0.3 is 19.9 Å². The molecule has 0 atom stereocenters. The van der Waals surface area contributed by atoms with E-state index in [9.17, 15) is 9.18 Å². The van der Waals surface area contributed by atoms with Crippen LogP contribution >= 0.6 is 11.6 Å². The van der Waals surface area contributed by atoms with Crippen LogP contribution < -0.4 is 15.0 Å². The summed E-state index contributed by atoms with van der Waals surface area (Å²) < 4.78 is 18.5. The van der Waals surface area contributed by atoms with Crippen molar-refractivity contribution in [1.29, 1.82) is 0 Å². The van der Waals surface area contributed by atoms with Crippen molar-refractivity contribution < 1.29 is 13.9 Å². The van der Waals surface area contributed by atoms with Crippen LogP contribution in [0.1, 0.15) is 12.0 Å². The second-order valence-electron chi connectivity index (χ2n) is 6.87. The molecule has 0 unspecified atom stereocenters. The van der Waals surface area contributed by atoms with E-state index >= 15 is 0 Å². The Hall–Kier alpha value is -2.31. The number of amides is 1. The van der Waals surface area contributed by atoms with Crippen LogP contribution in [0.25, 0.3) is 0 Å². The van der Waals surface area contributed by atoms with Crippen LogP contribution in [0.15, 0.2) is 42.5 Å². The minimum absolute atomic E-state index is 0.105. The summed E-state index contributed by atoms with van der Waals surface area (Å²) in [6, 6.07) is 12.1. The van der Waals surface area contributed by atoms with Crippen LogP contribution in [-0.2, 0) is 11.3 Å². The van der Waals surface area contributed by atoms with E-state index in [1.165, 1.54) is 23.9 Å². The largest absolute Gasteiger partial charge is 0.491 e. The Morgan fingerprint density at radius 2 is 1.93 bits per heavy atom. The predicted octanol–water partition coefficient (Wildman–Crippen LogP) is 3.32. The van der Waals surface area contributed by atoms with Gasteiger partial charge in [0.25, 0.3) is 0 Å². The molecular weight excluding hydrogens is 381 g/mol. The Morgan fingerprint density at radius 1 is 1.18 bits per heavy atom. The Labute approximate surface area is 170 Å². The summed E-state index contributed by atoms with van der Waals surface area (Å²) in [6.07, 6.45) is 0.199. The number of para-hydroxylation sites is 1. The van der Waals surface area contributed by atoms with E-state index in [0.717, 1.165) is 31.7 Å². The van der Waals surface area contributed by atoms with Gasteiger partial charge in [-0.2, -0.15) is 0 Å². The first-order valence-corrected chi connectivity index (χ1v) is 9.76. The van der Waals surface area contributed by atoms with Crippen molar-refractivity contribution in [3.05, 3.63) is 58.9 Å². The maximum Gasteiger partial charge on any atom is 0.223 e. The van der Waals surface area contributed by atoms with Crippen molar-refractivity contribution in [2.45, 2.75) is 13.0 Å². The maximum atomic E-state index is 13.0. The minimum Gasteiger partial charge on any atom is -0.491 e. The molecule has 1 saturated heterocycles. The average molecular weight is 406 g/mol. The molecule has 28 heavy (non-hydrogen) atoms. The summed E-state index contributed by atoms with van der Waals surface area (Å²) in [7, 11) is 2.13. The molecule has 0 aliphatic carbocycles. The second kappa shape index (κ2) is 9.75. The normalized spacial score (nSPS) is 14.8. The van der Waals surface area contributed by atoms with E-state index in [2.05, 4.69) is 28.2 Å². The third-order valence-electron chi connectivity index (χ3n) is 4.79. The number of halogens is 2. The molecule has 1 N–H and O–H groups in total. The topological polar surface area (TPSA) is 44.8 Å². The predicted molar refractivity (Wildman–Crippen MR) is 110 cm³/mol. The molecule has 3 rings (SSSR count). The lowest BCUT2D eigenvalue weighted by atomic mass is 10.1. The highest BCUT2D eigenvalue weighted by Crippen LogP contribution is 2.25. The second-order valence-corrected chi connectivity index (χ2v) is 7.28. The van der Waals surface area contributed by atoms with Crippen molar-refractivity contribution >= 4 is 23.2 Å². The lowest BCUT2D eigenvalue weighted by Crippen LogP contribution is -2.45. The molecule has 150 valence electrons. The number of likely N-dealkylation sites (N-methyl/N-ethyl adjacent to an activating group) is 1. The first-order valence-electron chi connectivity index (χ1n) is 9.39. The van der Waals surface area contributed by atoms with Crippen LogP contribution in [0.3, 0.4) is 0 Å². The molecular formula is C21H25ClFN3O2. The van der Waals surface area contributed by atoms with Crippen molar-refractivity contribution in [3.8, 4) is 5.75 Å². The number of anilines is 1. The number of nitrogens with zero attached hydrogens (tertiary/aromatic N) is 2. The third-order valence-corrected chi connectivity index (χ3v) is 5.09. The molecule has 0 spiro atoms. The van der Waals surface area contributed by atoms with Gasteiger partial charge in [-0.25, -0.2) is 4.39 Å². The zero-order chi connectivity index (χ0) is 19.9. The van der Waals surface area contributed by atoms with Gasteiger partial charge in [0.1, 0.15) is 11.6 Å². The number of rotatable bonds is 7. The zero-order valence-corrected chi connectivity index (χ0v) is 16.7. The lowest BCUT2D eigenvalue weighted by Gasteiger charge is -2.35. The Bertz CT molecular complexity index is 810. The van der Waals surface area contributed by atoms with Gasteiger partial charge >= 0.3 is 0 Å². The van der Waals surface area contributed by atoms with E-state index in [-0.39, 0.29) is 24.0 Å². The fraction of sp³-hybridized carbons (Fsp3) is 0.381. The first-order chi connectivity index (χ1) is 13.5. The quantitative estimate of drug-likeness (QED) is 0.767. The summed E-state index contributed by atoms with van der Waals surface area (Å²) in [6.45, 7) is 4.67. The summed E-state index contributed by atoms with van der Waals surface area (Å²) in [5.41, 5.74) is 2.27. The number of ether oxygens (including phenoxy) is 1. The number of hydrogen-bond acceptors (Lipinski definition) is 4. The number of nitrogens with one attached hydrogen (secondary N) is 1. The van der Waals surface area contributed by atoms with E-state index < -0.39 is 5.82 Å². The molecule has 1 fully saturated rings. The molecule has 0 saturated carbocycles. The van der Waals surface area contributed by atoms with E-state index in [1.807, 2.05) is 18.2 Å². The molecule has 7 heteroatoms. The lowest BCUT2D eigenvalue weighted by molar-refractivity contribution is -0.121. The summed E-state index contributed by atoms with van der Waals surface area (Å²) in [4.78, 5) is 16.8. The van der Waals surface area contributed by atoms with Gasteiger partial charge in [-0.3, -0.25) is 4.79 Å². The van der Waals surface area contributed by atoms with Crippen LogP contribution in [0.4, 0.5) is 10.1 Å². The molecule has 1 aliphatic rings. The van der Waals surface area contributed by atoms with Gasteiger partial charge in [-0.1, -0.05) is 29.8 Å². The Morgan fingerprint density at radius 3 is 2.68 bits per heavy atom. The SMILES string of the molecule is CN1CCN(c2ccccc2CNC(=O)CCOc2ccc(F)cc2Cl)CC1. The first kappa shape index (κ1) is 20.4. The van der Waals surface area contributed by atoms with Crippen LogP contribution in [0.5, 0.6) is 5.75 Å². The van der Waals surface area contributed by atoms with Crippen LogP contribution in [-0.4, -0.2) is 50.6 Å². The van der Waals surface area contributed by atoms with Gasteiger partial charge in [-0.05, 0) is 36.9 Å². The minimum atomic E-state index is -0.422. The number of carbonyl (C=O) groups is 1. The standard InChI is InChI=1S/C21H25ClFN3O2/c1-25-9-11-26(12-10-25)19-5-3-2-4-16(19)15-24-21(27)8-13-28-20-7-6-17(23)14-18(20)22/h2-7,14H,8-13,15H2,1H3,(H,24,27). The highest BCUT2D eigenvalue weighted by Gasteiger charge is 2.17. The molecule has 1 amide bonds. The van der Waals surface area contributed by atoms with E-state index in [1.54, 1.807) is 0 Å². The molecule has 1 aliphatic heterocycles. The Kier molecular flexibility index (Phi) is 7.12. The molecule has 5 nitrogen and oxygen atoms in total. The third kappa shape index (κ3) is 5.59. The van der Waals surface area contributed by atoms with Gasteiger partial charge in [0.2, 0.25) is 5.91 Å². The van der Waals surface area contributed by atoms with Crippen molar-refractivity contribution in [2.75, 3.05) is 44.7 Å². The van der Waals surface area contributed by atoms with Crippen LogP contribution in [0, 0.1) is 5.82 Å². The molecule has 1 heterocycles. The number of benzene rings is 2. The van der Waals surface area contributed by atoms with E-state index in [4.69, 9.17) is 16.3 Å².